The van der Waals surface area contributed by atoms with Gasteiger partial charge in [0, 0.05) is 13.1 Å². The van der Waals surface area contributed by atoms with Gasteiger partial charge in [-0.15, -0.1) is 0 Å². The summed E-state index contributed by atoms with van der Waals surface area (Å²) in [6, 6.07) is 18.1. The Morgan fingerprint density at radius 3 is 2.55 bits per heavy atom. The molecule has 0 aliphatic heterocycles. The molecule has 0 saturated heterocycles. The molecule has 2 N–H and O–H groups in total. The lowest BCUT2D eigenvalue weighted by molar-refractivity contribution is 0.191. The monoisotopic (exact) mass is 271 g/mol. The summed E-state index contributed by atoms with van der Waals surface area (Å²) in [7, 11) is 0. The van der Waals surface area contributed by atoms with Gasteiger partial charge in [-0.1, -0.05) is 42.5 Å². The third-order valence-corrected chi connectivity index (χ3v) is 2.92. The summed E-state index contributed by atoms with van der Waals surface area (Å²) in [5.74, 6) is 0.866. The Morgan fingerprint density at radius 1 is 1.05 bits per heavy atom. The fraction of sp³-hybridized carbons (Fsp3) is 0.294. The van der Waals surface area contributed by atoms with Crippen molar-refractivity contribution in [3.05, 3.63) is 65.7 Å². The number of rotatable bonds is 7. The molecule has 0 saturated carbocycles. The van der Waals surface area contributed by atoms with Crippen LogP contribution in [0.5, 0.6) is 5.75 Å². The maximum Gasteiger partial charge on any atom is 0.120 e. The molecular weight excluding hydrogens is 250 g/mol. The lowest BCUT2D eigenvalue weighted by Gasteiger charge is -2.10. The molecule has 3 nitrogen and oxygen atoms in total. The lowest BCUT2D eigenvalue weighted by Crippen LogP contribution is -2.23. The first kappa shape index (κ1) is 14.6. The Morgan fingerprint density at radius 2 is 1.80 bits per heavy atom. The Bertz CT molecular complexity index is 511. The van der Waals surface area contributed by atoms with Crippen molar-refractivity contribution in [1.29, 1.82) is 0 Å². The van der Waals surface area contributed by atoms with E-state index in [2.05, 4.69) is 5.32 Å². The summed E-state index contributed by atoms with van der Waals surface area (Å²) < 4.78 is 5.78. The molecule has 106 valence electrons. The third kappa shape index (κ3) is 5.03. The summed E-state index contributed by atoms with van der Waals surface area (Å²) in [6.45, 7) is 3.67. The van der Waals surface area contributed by atoms with Crippen molar-refractivity contribution >= 4 is 0 Å². The van der Waals surface area contributed by atoms with Gasteiger partial charge in [0.15, 0.2) is 0 Å². The van der Waals surface area contributed by atoms with Crippen molar-refractivity contribution in [3.8, 4) is 5.75 Å². The minimum absolute atomic E-state index is 0.326. The highest BCUT2D eigenvalue weighted by Gasteiger charge is 1.99. The van der Waals surface area contributed by atoms with Crippen molar-refractivity contribution in [2.75, 3.05) is 6.54 Å². The normalized spacial score (nSPS) is 12.1. The van der Waals surface area contributed by atoms with Gasteiger partial charge in [0.1, 0.15) is 12.4 Å². The lowest BCUT2D eigenvalue weighted by atomic mass is 10.2. The Labute approximate surface area is 120 Å². The van der Waals surface area contributed by atoms with Crippen molar-refractivity contribution < 1.29 is 9.84 Å². The van der Waals surface area contributed by atoms with Gasteiger partial charge in [-0.3, -0.25) is 0 Å². The first-order chi connectivity index (χ1) is 9.74. The Hall–Kier alpha value is -1.84. The van der Waals surface area contributed by atoms with Gasteiger partial charge in [0.2, 0.25) is 0 Å². The van der Waals surface area contributed by atoms with Gasteiger partial charge in [0.25, 0.3) is 0 Å². The van der Waals surface area contributed by atoms with Crippen LogP contribution in [0.3, 0.4) is 0 Å². The average molecular weight is 271 g/mol. The maximum absolute atomic E-state index is 9.21. The second-order valence-electron chi connectivity index (χ2n) is 4.90. The number of benzene rings is 2. The predicted molar refractivity (Wildman–Crippen MR) is 80.6 cm³/mol. The summed E-state index contributed by atoms with van der Waals surface area (Å²) in [5, 5.41) is 12.4. The molecule has 0 radical (unpaired) electrons. The molecule has 0 heterocycles. The molecule has 20 heavy (non-hydrogen) atoms. The fourth-order valence-corrected chi connectivity index (χ4v) is 1.91. The van der Waals surface area contributed by atoms with Gasteiger partial charge in [-0.2, -0.15) is 0 Å². The average Bonchev–Trinajstić information content (AvgIpc) is 2.46. The molecule has 0 spiro atoms. The van der Waals surface area contributed by atoms with E-state index in [0.29, 0.717) is 13.2 Å². The van der Waals surface area contributed by atoms with Crippen LogP contribution >= 0.6 is 0 Å². The van der Waals surface area contributed by atoms with Crippen LogP contribution in [0.15, 0.2) is 54.6 Å². The van der Waals surface area contributed by atoms with E-state index in [1.165, 1.54) is 0 Å². The molecule has 1 atom stereocenters. The van der Waals surface area contributed by atoms with Gasteiger partial charge in [-0.25, -0.2) is 0 Å². The predicted octanol–water partition coefficient (Wildman–Crippen LogP) is 2.74. The third-order valence-electron chi connectivity index (χ3n) is 2.92. The molecular formula is C17H21NO2. The van der Waals surface area contributed by atoms with Crippen LogP contribution < -0.4 is 10.1 Å². The molecule has 2 rings (SSSR count). The molecule has 3 heteroatoms. The van der Waals surface area contributed by atoms with E-state index in [-0.39, 0.29) is 6.10 Å². The number of nitrogens with one attached hydrogen (secondary N) is 1. The number of aliphatic hydroxyl groups excluding tert-OH is 1. The van der Waals surface area contributed by atoms with Crippen LogP contribution in [0.1, 0.15) is 18.1 Å². The van der Waals surface area contributed by atoms with E-state index in [1.807, 2.05) is 54.6 Å². The minimum Gasteiger partial charge on any atom is -0.489 e. The molecule has 2 aromatic rings. The molecule has 0 aromatic heterocycles. The SMILES string of the molecule is CC(O)CNCc1cccc(OCc2ccccc2)c1. The largest absolute Gasteiger partial charge is 0.489 e. The maximum atomic E-state index is 9.21. The number of ether oxygens (including phenoxy) is 1. The van der Waals surface area contributed by atoms with Gasteiger partial charge in [-0.05, 0) is 30.2 Å². The molecule has 0 amide bonds. The van der Waals surface area contributed by atoms with Crippen LogP contribution in [-0.4, -0.2) is 17.8 Å². The number of aliphatic hydroxyl groups is 1. The second kappa shape index (κ2) is 7.68. The highest BCUT2D eigenvalue weighted by atomic mass is 16.5. The van der Waals surface area contributed by atoms with Crippen molar-refractivity contribution in [2.24, 2.45) is 0 Å². The molecule has 0 bridgehead atoms. The quantitative estimate of drug-likeness (QED) is 0.813. The molecule has 2 aromatic carbocycles. The van der Waals surface area contributed by atoms with Crippen LogP contribution in [-0.2, 0) is 13.2 Å². The van der Waals surface area contributed by atoms with Gasteiger partial charge < -0.3 is 15.2 Å². The summed E-state index contributed by atoms with van der Waals surface area (Å²) >= 11 is 0. The first-order valence-electron chi connectivity index (χ1n) is 6.88. The number of hydrogen-bond acceptors (Lipinski definition) is 3. The van der Waals surface area contributed by atoms with Gasteiger partial charge >= 0.3 is 0 Å². The fourth-order valence-electron chi connectivity index (χ4n) is 1.91. The highest BCUT2D eigenvalue weighted by Crippen LogP contribution is 2.15. The van der Waals surface area contributed by atoms with E-state index in [1.54, 1.807) is 6.92 Å². The molecule has 0 fully saturated rings. The van der Waals surface area contributed by atoms with Crippen LogP contribution in [0, 0.1) is 0 Å². The Balaban J connectivity index is 1.86. The smallest absolute Gasteiger partial charge is 0.120 e. The minimum atomic E-state index is -0.326. The van der Waals surface area contributed by atoms with E-state index in [9.17, 15) is 5.11 Å². The first-order valence-corrected chi connectivity index (χ1v) is 6.88. The zero-order chi connectivity index (χ0) is 14.2. The summed E-state index contributed by atoms with van der Waals surface area (Å²) in [5.41, 5.74) is 2.31. The van der Waals surface area contributed by atoms with Crippen LogP contribution in [0.25, 0.3) is 0 Å². The highest BCUT2D eigenvalue weighted by molar-refractivity contribution is 5.29. The zero-order valence-corrected chi connectivity index (χ0v) is 11.8. The molecule has 0 aliphatic carbocycles. The van der Waals surface area contributed by atoms with Crippen molar-refractivity contribution in [3.63, 3.8) is 0 Å². The van der Waals surface area contributed by atoms with Crippen molar-refractivity contribution in [1.82, 2.24) is 5.32 Å². The van der Waals surface area contributed by atoms with Crippen molar-refractivity contribution in [2.45, 2.75) is 26.2 Å². The Kier molecular flexibility index (Phi) is 5.59. The topological polar surface area (TPSA) is 41.5 Å². The standard InChI is InChI=1S/C17H21NO2/c1-14(19)11-18-12-16-8-5-9-17(10-16)20-13-15-6-3-2-4-7-15/h2-10,14,18-19H,11-13H2,1H3. The van der Waals surface area contributed by atoms with E-state index >= 15 is 0 Å². The van der Waals surface area contributed by atoms with Crippen LogP contribution in [0.2, 0.25) is 0 Å². The zero-order valence-electron chi connectivity index (χ0n) is 11.8. The number of hydrogen-bond donors (Lipinski definition) is 2. The second-order valence-corrected chi connectivity index (χ2v) is 4.90. The van der Waals surface area contributed by atoms with E-state index in [0.717, 1.165) is 23.4 Å². The summed E-state index contributed by atoms with van der Waals surface area (Å²) in [4.78, 5) is 0. The van der Waals surface area contributed by atoms with E-state index < -0.39 is 0 Å². The van der Waals surface area contributed by atoms with E-state index in [4.69, 9.17) is 4.74 Å². The summed E-state index contributed by atoms with van der Waals surface area (Å²) in [6.07, 6.45) is -0.326. The van der Waals surface area contributed by atoms with Crippen LogP contribution in [0.4, 0.5) is 0 Å². The molecule has 0 aliphatic rings. The molecule has 1 unspecified atom stereocenters. The van der Waals surface area contributed by atoms with Gasteiger partial charge in [0.05, 0.1) is 6.10 Å².